The molecule has 0 spiro atoms. The van der Waals surface area contributed by atoms with Crippen molar-refractivity contribution in [2.45, 2.75) is 26.3 Å². The fourth-order valence-corrected chi connectivity index (χ4v) is 4.14. The van der Waals surface area contributed by atoms with Crippen molar-refractivity contribution in [3.63, 3.8) is 0 Å². The molecule has 1 amide bonds. The van der Waals surface area contributed by atoms with E-state index in [0.717, 1.165) is 28.3 Å². The van der Waals surface area contributed by atoms with Crippen LogP contribution in [0.2, 0.25) is 0 Å². The molecule has 1 saturated heterocycles. The van der Waals surface area contributed by atoms with E-state index in [0.29, 0.717) is 26.1 Å². The second-order valence-electron chi connectivity index (χ2n) is 7.57. The average molecular weight is 397 g/mol. The summed E-state index contributed by atoms with van der Waals surface area (Å²) in [4.78, 5) is 19.2. The molecule has 0 radical (unpaired) electrons. The van der Waals surface area contributed by atoms with Gasteiger partial charge in [0, 0.05) is 63.2 Å². The first-order valence-electron chi connectivity index (χ1n) is 9.81. The lowest BCUT2D eigenvalue weighted by Gasteiger charge is -2.28. The molecule has 0 aromatic carbocycles. The number of fused-ring (bicyclic) bond motifs is 1. The maximum absolute atomic E-state index is 12.8. The van der Waals surface area contributed by atoms with Crippen LogP contribution in [-0.2, 0) is 16.6 Å². The normalized spacial score (nSPS) is 19.4. The number of rotatable bonds is 7. The first-order valence-corrected chi connectivity index (χ1v) is 9.81. The maximum Gasteiger partial charge on any atom is 0.223 e. The van der Waals surface area contributed by atoms with Crippen molar-refractivity contribution in [1.29, 1.82) is 0 Å². The Balaban J connectivity index is 1.60. The molecule has 0 bridgehead atoms. The van der Waals surface area contributed by atoms with E-state index in [4.69, 9.17) is 4.74 Å². The fourth-order valence-electron chi connectivity index (χ4n) is 4.14. The molecule has 1 fully saturated rings. The van der Waals surface area contributed by atoms with Gasteiger partial charge in [0.15, 0.2) is 5.82 Å². The van der Waals surface area contributed by atoms with Crippen molar-refractivity contribution < 1.29 is 9.53 Å². The smallest absolute Gasteiger partial charge is 0.223 e. The third-order valence-corrected chi connectivity index (χ3v) is 5.71. The summed E-state index contributed by atoms with van der Waals surface area (Å²) in [7, 11) is 3.58. The van der Waals surface area contributed by atoms with Crippen LogP contribution < -0.4 is 5.32 Å². The summed E-state index contributed by atoms with van der Waals surface area (Å²) in [6, 6.07) is 1.97. The predicted octanol–water partition coefficient (Wildman–Crippen LogP) is 1.73. The lowest BCUT2D eigenvalue weighted by molar-refractivity contribution is -0.129. The second-order valence-corrected chi connectivity index (χ2v) is 7.57. The van der Waals surface area contributed by atoms with E-state index in [1.54, 1.807) is 13.3 Å². The maximum atomic E-state index is 12.8. The van der Waals surface area contributed by atoms with Crippen LogP contribution >= 0.6 is 0 Å². The molecule has 1 aliphatic heterocycles. The SMILES string of the molecule is COCCN1C(=O)C[C@H](CNc2nccn3nc(C)cc23)[C@H]1c1cnn(C)c1C. The number of carbonyl (C=O) groups is 1. The standard InChI is InChI=1S/C20H27N7O2/c1-13-9-17-20(21-5-6-27(17)24-13)22-11-15-10-18(28)26(7-8-29-4)19(15)16-12-23-25(3)14(16)2/h5-6,9,12,15,19H,7-8,10-11H2,1-4H3,(H,21,22)/t15-,19+/m1/s1. The van der Waals surface area contributed by atoms with Gasteiger partial charge in [-0.1, -0.05) is 0 Å². The third-order valence-electron chi connectivity index (χ3n) is 5.71. The Kier molecular flexibility index (Phi) is 5.23. The number of amides is 1. The Labute approximate surface area is 169 Å². The first-order chi connectivity index (χ1) is 14.0. The molecule has 0 saturated carbocycles. The van der Waals surface area contributed by atoms with Crippen molar-refractivity contribution in [3.05, 3.63) is 41.6 Å². The molecule has 1 N–H and O–H groups in total. The third kappa shape index (κ3) is 3.57. The molecule has 0 unspecified atom stereocenters. The van der Waals surface area contributed by atoms with Crippen LogP contribution in [0.3, 0.4) is 0 Å². The number of carbonyl (C=O) groups excluding carboxylic acids is 1. The zero-order chi connectivity index (χ0) is 20.5. The predicted molar refractivity (Wildman–Crippen MR) is 109 cm³/mol. The van der Waals surface area contributed by atoms with Crippen molar-refractivity contribution in [2.75, 3.05) is 32.1 Å². The number of methoxy groups -OCH3 is 1. The second kappa shape index (κ2) is 7.82. The number of aromatic nitrogens is 5. The fraction of sp³-hybridized carbons (Fsp3) is 0.500. The molecule has 9 heteroatoms. The van der Waals surface area contributed by atoms with Crippen LogP contribution in [0, 0.1) is 19.8 Å². The van der Waals surface area contributed by atoms with Gasteiger partial charge >= 0.3 is 0 Å². The molecule has 29 heavy (non-hydrogen) atoms. The van der Waals surface area contributed by atoms with Gasteiger partial charge < -0.3 is 15.0 Å². The number of likely N-dealkylation sites (tertiary alicyclic amines) is 1. The van der Waals surface area contributed by atoms with Gasteiger partial charge in [0.1, 0.15) is 5.52 Å². The molecular weight excluding hydrogens is 370 g/mol. The lowest BCUT2D eigenvalue weighted by atomic mass is 9.94. The molecule has 4 rings (SSSR count). The minimum Gasteiger partial charge on any atom is -0.383 e. The number of aryl methyl sites for hydroxylation is 2. The first kappa shape index (κ1) is 19.4. The number of nitrogens with one attached hydrogen (secondary N) is 1. The summed E-state index contributed by atoms with van der Waals surface area (Å²) in [6.07, 6.45) is 5.93. The van der Waals surface area contributed by atoms with Crippen molar-refractivity contribution in [2.24, 2.45) is 13.0 Å². The van der Waals surface area contributed by atoms with Gasteiger partial charge in [0.2, 0.25) is 5.91 Å². The van der Waals surface area contributed by atoms with E-state index in [1.165, 1.54) is 0 Å². The monoisotopic (exact) mass is 397 g/mol. The Morgan fingerprint density at radius 2 is 2.17 bits per heavy atom. The van der Waals surface area contributed by atoms with Crippen LogP contribution in [0.5, 0.6) is 0 Å². The molecule has 0 aliphatic carbocycles. The van der Waals surface area contributed by atoms with E-state index >= 15 is 0 Å². The number of nitrogens with zero attached hydrogens (tertiary/aromatic N) is 6. The topological polar surface area (TPSA) is 89.6 Å². The molecule has 9 nitrogen and oxygen atoms in total. The molecule has 1 aliphatic rings. The van der Waals surface area contributed by atoms with Gasteiger partial charge in [0.05, 0.1) is 24.5 Å². The Morgan fingerprint density at radius 3 is 2.90 bits per heavy atom. The van der Waals surface area contributed by atoms with Gasteiger partial charge in [-0.25, -0.2) is 9.50 Å². The Morgan fingerprint density at radius 1 is 1.34 bits per heavy atom. The van der Waals surface area contributed by atoms with E-state index in [1.807, 2.05) is 53.5 Å². The van der Waals surface area contributed by atoms with Crippen molar-refractivity contribution in [3.8, 4) is 0 Å². The number of anilines is 1. The zero-order valence-electron chi connectivity index (χ0n) is 17.3. The summed E-state index contributed by atoms with van der Waals surface area (Å²) in [5.74, 6) is 1.03. The molecular formula is C20H27N7O2. The molecule has 3 aromatic rings. The van der Waals surface area contributed by atoms with Crippen LogP contribution in [-0.4, -0.2) is 62.0 Å². The quantitative estimate of drug-likeness (QED) is 0.653. The molecule has 2 atom stereocenters. The van der Waals surface area contributed by atoms with E-state index in [9.17, 15) is 4.79 Å². The lowest BCUT2D eigenvalue weighted by Crippen LogP contribution is -2.33. The van der Waals surface area contributed by atoms with Gasteiger partial charge in [-0.15, -0.1) is 0 Å². The minimum absolute atomic E-state index is 0.0368. The summed E-state index contributed by atoms with van der Waals surface area (Å²) in [5, 5.41) is 12.3. The van der Waals surface area contributed by atoms with Crippen molar-refractivity contribution >= 4 is 17.2 Å². The summed E-state index contributed by atoms with van der Waals surface area (Å²) in [6.45, 7) is 5.71. The largest absolute Gasteiger partial charge is 0.383 e. The van der Waals surface area contributed by atoms with Crippen LogP contribution in [0.1, 0.15) is 29.4 Å². The van der Waals surface area contributed by atoms with Crippen molar-refractivity contribution in [1.82, 2.24) is 29.3 Å². The van der Waals surface area contributed by atoms with E-state index < -0.39 is 0 Å². The molecule has 154 valence electrons. The highest BCUT2D eigenvalue weighted by atomic mass is 16.5. The average Bonchev–Trinajstić information content (AvgIpc) is 3.33. The van der Waals surface area contributed by atoms with Gasteiger partial charge in [-0.05, 0) is 19.9 Å². The number of ether oxygens (including phenoxy) is 1. The van der Waals surface area contributed by atoms with Gasteiger partial charge in [0.25, 0.3) is 0 Å². The molecule has 4 heterocycles. The highest BCUT2D eigenvalue weighted by molar-refractivity contribution is 5.80. The van der Waals surface area contributed by atoms with E-state index in [2.05, 4.69) is 20.5 Å². The van der Waals surface area contributed by atoms with Gasteiger partial charge in [-0.2, -0.15) is 10.2 Å². The number of hydrogen-bond donors (Lipinski definition) is 1. The van der Waals surface area contributed by atoms with Gasteiger partial charge in [-0.3, -0.25) is 9.48 Å². The summed E-state index contributed by atoms with van der Waals surface area (Å²) >= 11 is 0. The highest BCUT2D eigenvalue weighted by Crippen LogP contribution is 2.39. The minimum atomic E-state index is -0.0368. The number of hydrogen-bond acceptors (Lipinski definition) is 6. The van der Waals surface area contributed by atoms with Crippen LogP contribution in [0.15, 0.2) is 24.7 Å². The van der Waals surface area contributed by atoms with Crippen LogP contribution in [0.4, 0.5) is 5.82 Å². The van der Waals surface area contributed by atoms with E-state index in [-0.39, 0.29) is 17.9 Å². The summed E-state index contributed by atoms with van der Waals surface area (Å²) < 4.78 is 8.91. The Hall–Kier alpha value is -2.94. The molecule has 3 aromatic heterocycles. The highest BCUT2D eigenvalue weighted by Gasteiger charge is 2.41. The van der Waals surface area contributed by atoms with Crippen LogP contribution in [0.25, 0.3) is 5.52 Å². The Bertz CT molecular complexity index is 1030. The zero-order valence-corrected chi connectivity index (χ0v) is 17.3. The summed E-state index contributed by atoms with van der Waals surface area (Å²) in [5.41, 5.74) is 4.03.